The maximum Gasteiger partial charge on any atom is 0.341 e. The Morgan fingerprint density at radius 2 is 1.69 bits per heavy atom. The van der Waals surface area contributed by atoms with Crippen LogP contribution in [-0.4, -0.2) is 57.4 Å². The van der Waals surface area contributed by atoms with E-state index in [4.69, 9.17) is 9.47 Å². The average molecular weight is 496 g/mol. The minimum Gasteiger partial charge on any atom is -0.454 e. The van der Waals surface area contributed by atoms with Gasteiger partial charge in [0, 0.05) is 18.7 Å². The number of esters is 1. The Balaban J connectivity index is 1.30. The van der Waals surface area contributed by atoms with Crippen molar-refractivity contribution in [3.8, 4) is 11.1 Å². The number of Topliss-reactive ketones (excluding diaryl/α,β-unsaturated/α-hetero) is 1. The molecular formula is C26H22FNO6S. The van der Waals surface area contributed by atoms with Gasteiger partial charge >= 0.3 is 5.97 Å². The van der Waals surface area contributed by atoms with E-state index in [0.29, 0.717) is 5.56 Å². The van der Waals surface area contributed by atoms with E-state index in [9.17, 15) is 22.4 Å². The largest absolute Gasteiger partial charge is 0.454 e. The van der Waals surface area contributed by atoms with Crippen LogP contribution in [0.5, 0.6) is 0 Å². The van der Waals surface area contributed by atoms with Crippen molar-refractivity contribution in [3.63, 3.8) is 0 Å². The first-order valence-corrected chi connectivity index (χ1v) is 12.6. The molecule has 0 amide bonds. The van der Waals surface area contributed by atoms with Crippen LogP contribution in [0, 0.1) is 5.82 Å². The quantitative estimate of drug-likeness (QED) is 0.301. The number of sulfonamides is 1. The Kier molecular flexibility index (Phi) is 6.22. The fourth-order valence-electron chi connectivity index (χ4n) is 4.35. The lowest BCUT2D eigenvalue weighted by Crippen LogP contribution is -2.40. The summed E-state index contributed by atoms with van der Waals surface area (Å²) in [6.45, 7) is 0.245. The number of carbonyl (C=O) groups is 2. The highest BCUT2D eigenvalue weighted by Gasteiger charge is 2.28. The Labute approximate surface area is 202 Å². The van der Waals surface area contributed by atoms with E-state index in [1.165, 1.54) is 9.87 Å². The predicted molar refractivity (Wildman–Crippen MR) is 125 cm³/mol. The van der Waals surface area contributed by atoms with Gasteiger partial charge in [-0.15, -0.1) is 0 Å². The van der Waals surface area contributed by atoms with Crippen molar-refractivity contribution in [2.24, 2.45) is 0 Å². The standard InChI is InChI=1S/C26H22FNO6S/c27-24-8-7-20(35(31,32)28-9-11-33-12-10-28)15-23(24)26(30)34-16-25(29)19-6-5-18-13-17-3-1-2-4-21(17)22(18)14-19/h1-8,14-15H,9-13,16H2. The van der Waals surface area contributed by atoms with Crippen LogP contribution in [0.4, 0.5) is 4.39 Å². The number of nitrogens with zero attached hydrogens (tertiary/aromatic N) is 1. The number of hydrogen-bond donors (Lipinski definition) is 0. The third-order valence-electron chi connectivity index (χ3n) is 6.22. The van der Waals surface area contributed by atoms with Crippen LogP contribution in [-0.2, 0) is 25.9 Å². The van der Waals surface area contributed by atoms with Crippen molar-refractivity contribution in [1.29, 1.82) is 0 Å². The summed E-state index contributed by atoms with van der Waals surface area (Å²) < 4.78 is 51.5. The molecule has 0 N–H and O–H groups in total. The van der Waals surface area contributed by atoms with E-state index < -0.39 is 39.8 Å². The molecule has 7 nitrogen and oxygen atoms in total. The van der Waals surface area contributed by atoms with E-state index in [2.05, 4.69) is 0 Å². The van der Waals surface area contributed by atoms with Gasteiger partial charge < -0.3 is 9.47 Å². The second-order valence-corrected chi connectivity index (χ2v) is 10.3. The zero-order chi connectivity index (χ0) is 24.6. The summed E-state index contributed by atoms with van der Waals surface area (Å²) in [7, 11) is -3.93. The maximum absolute atomic E-state index is 14.4. The van der Waals surface area contributed by atoms with E-state index in [0.717, 1.165) is 41.3 Å². The zero-order valence-corrected chi connectivity index (χ0v) is 19.5. The number of fused-ring (bicyclic) bond motifs is 3. The minimum atomic E-state index is -3.93. The molecule has 1 saturated heterocycles. The van der Waals surface area contributed by atoms with Gasteiger partial charge in [-0.1, -0.05) is 36.4 Å². The van der Waals surface area contributed by atoms with Gasteiger partial charge in [-0.3, -0.25) is 4.79 Å². The summed E-state index contributed by atoms with van der Waals surface area (Å²) in [4.78, 5) is 25.1. The van der Waals surface area contributed by atoms with Crippen LogP contribution in [0.15, 0.2) is 65.6 Å². The van der Waals surface area contributed by atoms with Crippen LogP contribution >= 0.6 is 0 Å². The fraction of sp³-hybridized carbons (Fsp3) is 0.231. The number of ether oxygens (including phenoxy) is 2. The fourth-order valence-corrected chi connectivity index (χ4v) is 5.78. The Hall–Kier alpha value is -3.40. The Morgan fingerprint density at radius 3 is 2.49 bits per heavy atom. The van der Waals surface area contributed by atoms with Crippen molar-refractivity contribution in [3.05, 3.63) is 88.7 Å². The second-order valence-electron chi connectivity index (χ2n) is 8.36. The van der Waals surface area contributed by atoms with E-state index in [1.807, 2.05) is 30.3 Å². The Morgan fingerprint density at radius 1 is 0.943 bits per heavy atom. The summed E-state index contributed by atoms with van der Waals surface area (Å²) in [5, 5.41) is 0. The third-order valence-corrected chi connectivity index (χ3v) is 8.11. The number of ketones is 1. The molecule has 0 unspecified atom stereocenters. The van der Waals surface area contributed by atoms with Gasteiger partial charge in [-0.05, 0) is 52.9 Å². The molecule has 180 valence electrons. The summed E-state index contributed by atoms with van der Waals surface area (Å²) in [6, 6.07) is 16.2. The van der Waals surface area contributed by atoms with Gasteiger partial charge in [0.05, 0.1) is 23.7 Å². The second kappa shape index (κ2) is 9.33. The smallest absolute Gasteiger partial charge is 0.341 e. The first-order chi connectivity index (χ1) is 16.8. The average Bonchev–Trinajstić information content (AvgIpc) is 3.25. The monoisotopic (exact) mass is 495 g/mol. The highest BCUT2D eigenvalue weighted by molar-refractivity contribution is 7.89. The van der Waals surface area contributed by atoms with Crippen molar-refractivity contribution in [2.45, 2.75) is 11.3 Å². The molecule has 0 bridgehead atoms. The van der Waals surface area contributed by atoms with Crippen LogP contribution < -0.4 is 0 Å². The van der Waals surface area contributed by atoms with Crippen molar-refractivity contribution in [1.82, 2.24) is 4.31 Å². The zero-order valence-electron chi connectivity index (χ0n) is 18.7. The molecule has 1 aliphatic heterocycles. The summed E-state index contributed by atoms with van der Waals surface area (Å²) in [5.41, 5.74) is 4.15. The molecule has 0 spiro atoms. The number of benzene rings is 3. The molecule has 2 aliphatic rings. The topological polar surface area (TPSA) is 90.0 Å². The summed E-state index contributed by atoms with van der Waals surface area (Å²) in [5.74, 6) is -2.48. The summed E-state index contributed by atoms with van der Waals surface area (Å²) in [6.07, 6.45) is 0.790. The maximum atomic E-state index is 14.4. The lowest BCUT2D eigenvalue weighted by atomic mass is 10.0. The third kappa shape index (κ3) is 4.50. The number of hydrogen-bond acceptors (Lipinski definition) is 6. The van der Waals surface area contributed by atoms with Gasteiger partial charge in [-0.25, -0.2) is 17.6 Å². The molecule has 3 aromatic rings. The molecule has 35 heavy (non-hydrogen) atoms. The van der Waals surface area contributed by atoms with Crippen LogP contribution in [0.1, 0.15) is 31.8 Å². The van der Waals surface area contributed by atoms with Crippen LogP contribution in [0.2, 0.25) is 0 Å². The van der Waals surface area contributed by atoms with Gasteiger partial charge in [0.25, 0.3) is 0 Å². The first kappa shape index (κ1) is 23.3. The number of morpholine rings is 1. The van der Waals surface area contributed by atoms with Gasteiger partial charge in [-0.2, -0.15) is 4.31 Å². The lowest BCUT2D eigenvalue weighted by molar-refractivity contribution is 0.0469. The van der Waals surface area contributed by atoms with E-state index >= 15 is 0 Å². The highest BCUT2D eigenvalue weighted by Crippen LogP contribution is 2.36. The van der Waals surface area contributed by atoms with Crippen molar-refractivity contribution in [2.75, 3.05) is 32.9 Å². The molecule has 0 atom stereocenters. The van der Waals surface area contributed by atoms with Crippen LogP contribution in [0.3, 0.4) is 0 Å². The Bertz CT molecular complexity index is 1430. The van der Waals surface area contributed by atoms with E-state index in [-0.39, 0.29) is 31.2 Å². The van der Waals surface area contributed by atoms with E-state index in [1.54, 1.807) is 12.1 Å². The molecular weight excluding hydrogens is 473 g/mol. The van der Waals surface area contributed by atoms with Crippen molar-refractivity contribution < 1.29 is 31.9 Å². The molecule has 1 aliphatic carbocycles. The summed E-state index contributed by atoms with van der Waals surface area (Å²) >= 11 is 0. The first-order valence-electron chi connectivity index (χ1n) is 11.1. The molecule has 3 aromatic carbocycles. The van der Waals surface area contributed by atoms with Gasteiger partial charge in [0.2, 0.25) is 10.0 Å². The van der Waals surface area contributed by atoms with Gasteiger partial charge in [0.15, 0.2) is 12.4 Å². The highest BCUT2D eigenvalue weighted by atomic mass is 32.2. The van der Waals surface area contributed by atoms with Crippen LogP contribution in [0.25, 0.3) is 11.1 Å². The molecule has 0 aromatic heterocycles. The number of halogens is 1. The SMILES string of the molecule is O=C(COC(=O)c1cc(S(=O)(=O)N2CCOCC2)ccc1F)c1ccc2c(c1)-c1ccccc1C2. The van der Waals surface area contributed by atoms with Crippen molar-refractivity contribution >= 4 is 21.8 Å². The molecule has 5 rings (SSSR count). The number of rotatable bonds is 6. The molecule has 0 saturated carbocycles. The normalized spacial score (nSPS) is 15.3. The molecule has 1 heterocycles. The predicted octanol–water partition coefficient (Wildman–Crippen LogP) is 3.46. The molecule has 0 radical (unpaired) electrons. The molecule has 1 fully saturated rings. The van der Waals surface area contributed by atoms with Gasteiger partial charge in [0.1, 0.15) is 5.82 Å². The molecule has 9 heteroatoms. The lowest BCUT2D eigenvalue weighted by Gasteiger charge is -2.26. The minimum absolute atomic E-state index is 0.166. The number of carbonyl (C=O) groups excluding carboxylic acids is 2.